The predicted octanol–water partition coefficient (Wildman–Crippen LogP) is 2.28. The van der Waals surface area contributed by atoms with Gasteiger partial charge in [0, 0.05) is 12.1 Å². The molecule has 0 saturated carbocycles. The molecule has 0 saturated heterocycles. The topological polar surface area (TPSA) is 159 Å². The fourth-order valence-corrected chi connectivity index (χ4v) is 3.61. The first-order chi connectivity index (χ1) is 16.3. The summed E-state index contributed by atoms with van der Waals surface area (Å²) < 4.78 is 15.1. The molecule has 2 aromatic carbocycles. The van der Waals surface area contributed by atoms with E-state index < -0.39 is 16.4 Å². The van der Waals surface area contributed by atoms with Crippen LogP contribution in [0, 0.1) is 10.1 Å². The lowest BCUT2D eigenvalue weighted by Crippen LogP contribution is -2.57. The van der Waals surface area contributed by atoms with E-state index in [1.165, 1.54) is 51.5 Å². The maximum absolute atomic E-state index is 12.9. The maximum Gasteiger partial charge on any atom is 0.338 e. The highest BCUT2D eigenvalue weighted by Gasteiger charge is 2.54. The Morgan fingerprint density at radius 1 is 1.15 bits per heavy atom. The van der Waals surface area contributed by atoms with E-state index in [4.69, 9.17) is 18.9 Å². The van der Waals surface area contributed by atoms with Crippen molar-refractivity contribution in [2.75, 3.05) is 14.2 Å². The number of hydrogen-bond acceptors (Lipinski definition) is 12. The number of carbonyl (C=O) groups excluding carboxylic acids is 2. The minimum atomic E-state index is -1.95. The number of aldehydes is 1. The Morgan fingerprint density at radius 2 is 1.85 bits per heavy atom. The molecule has 0 aliphatic carbocycles. The van der Waals surface area contributed by atoms with Crippen molar-refractivity contribution in [2.24, 2.45) is 4.99 Å². The van der Waals surface area contributed by atoms with Crippen molar-refractivity contribution in [3.05, 3.63) is 69.4 Å². The third-order valence-corrected chi connectivity index (χ3v) is 5.18. The molecule has 13 nitrogen and oxygen atoms in total. The minimum Gasteiger partial charge on any atom is -0.466 e. The number of nitro groups is 1. The summed E-state index contributed by atoms with van der Waals surface area (Å²) in [7, 11) is 2.47. The Bertz CT molecular complexity index is 1350. The quantitative estimate of drug-likeness (QED) is 0.226. The lowest BCUT2D eigenvalue weighted by Gasteiger charge is -2.42. The van der Waals surface area contributed by atoms with Crippen molar-refractivity contribution < 1.29 is 33.5 Å². The first-order valence-electron chi connectivity index (χ1n) is 9.69. The molecular formula is C21H17N5O8. The molecule has 1 unspecified atom stereocenters. The molecule has 1 aromatic heterocycles. The molecule has 0 N–H and O–H groups in total. The summed E-state index contributed by atoms with van der Waals surface area (Å²) >= 11 is 0. The number of esters is 1. The normalized spacial score (nSPS) is 17.9. The number of nitrogens with zero attached hydrogens (tertiary/aromatic N) is 5. The van der Waals surface area contributed by atoms with Crippen LogP contribution in [0.15, 0.2) is 63.4 Å². The second kappa shape index (κ2) is 8.61. The Labute approximate surface area is 191 Å². The van der Waals surface area contributed by atoms with E-state index in [0.717, 1.165) is 5.06 Å². The van der Waals surface area contributed by atoms with Gasteiger partial charge in [-0.2, -0.15) is 4.99 Å². The van der Waals surface area contributed by atoms with Crippen LogP contribution in [-0.2, 0) is 24.6 Å². The zero-order chi connectivity index (χ0) is 24.5. The third kappa shape index (κ3) is 3.48. The number of nitro benzene ring substituents is 1. The molecule has 34 heavy (non-hydrogen) atoms. The molecule has 3 aromatic rings. The van der Waals surface area contributed by atoms with E-state index >= 15 is 0 Å². The maximum atomic E-state index is 12.9. The van der Waals surface area contributed by atoms with E-state index in [1.54, 1.807) is 12.1 Å². The summed E-state index contributed by atoms with van der Waals surface area (Å²) in [6.45, 7) is 1.52. The molecule has 174 valence electrons. The van der Waals surface area contributed by atoms with Crippen molar-refractivity contribution in [2.45, 2.75) is 12.5 Å². The van der Waals surface area contributed by atoms with Crippen LogP contribution >= 0.6 is 0 Å². The average molecular weight is 467 g/mol. The van der Waals surface area contributed by atoms with Crippen LogP contribution in [-0.4, -0.2) is 52.8 Å². The van der Waals surface area contributed by atoms with Gasteiger partial charge in [0.15, 0.2) is 17.6 Å². The van der Waals surface area contributed by atoms with Gasteiger partial charge in [-0.05, 0) is 47.1 Å². The van der Waals surface area contributed by atoms with Gasteiger partial charge in [0.25, 0.3) is 5.69 Å². The van der Waals surface area contributed by atoms with Crippen molar-refractivity contribution in [3.8, 4) is 5.75 Å². The zero-order valence-corrected chi connectivity index (χ0v) is 18.1. The number of allylic oxidation sites excluding steroid dienone is 1. The molecule has 4 rings (SSSR count). The van der Waals surface area contributed by atoms with Gasteiger partial charge >= 0.3 is 12.0 Å². The summed E-state index contributed by atoms with van der Waals surface area (Å²) in [5, 5.41) is 19.6. The molecule has 1 atom stereocenters. The zero-order valence-electron chi connectivity index (χ0n) is 18.1. The van der Waals surface area contributed by atoms with E-state index in [-0.39, 0.29) is 34.3 Å². The Morgan fingerprint density at radius 3 is 2.47 bits per heavy atom. The van der Waals surface area contributed by atoms with Gasteiger partial charge in [0.05, 0.1) is 30.4 Å². The molecule has 0 spiro atoms. The number of non-ortho nitro benzene ring substituents is 1. The molecule has 2 heterocycles. The van der Waals surface area contributed by atoms with Gasteiger partial charge in [0.2, 0.25) is 0 Å². The lowest BCUT2D eigenvalue weighted by atomic mass is 9.81. The number of aliphatic imine (C=N–C) groups is 1. The van der Waals surface area contributed by atoms with Crippen LogP contribution < -0.4 is 4.84 Å². The summed E-state index contributed by atoms with van der Waals surface area (Å²) in [6, 6.07) is 9.54. The Hall–Kier alpha value is -4.81. The van der Waals surface area contributed by atoms with Crippen LogP contribution in [0.1, 0.15) is 12.5 Å². The number of hydroxylamine groups is 2. The van der Waals surface area contributed by atoms with Gasteiger partial charge < -0.3 is 14.3 Å². The molecule has 0 amide bonds. The van der Waals surface area contributed by atoms with Gasteiger partial charge in [-0.1, -0.05) is 6.07 Å². The summed E-state index contributed by atoms with van der Waals surface area (Å²) in [6.07, 6.45) is 0.483. The van der Waals surface area contributed by atoms with Crippen molar-refractivity contribution in [3.63, 3.8) is 0 Å². The van der Waals surface area contributed by atoms with Crippen LogP contribution in [0.2, 0.25) is 0 Å². The van der Waals surface area contributed by atoms with Gasteiger partial charge in [-0.25, -0.2) is 9.42 Å². The standard InChI is InChI=1S/C21H17N5O8/c1-12-18(19(28)31-2)21(11-27,13-4-9-16-17(10-13)24-34-23-16)25(20(22-12)32-3)33-15-7-5-14(6-8-15)26(29)30/h4-11H,1-3H3. The van der Waals surface area contributed by atoms with Crippen LogP contribution in [0.4, 0.5) is 5.69 Å². The summed E-state index contributed by atoms with van der Waals surface area (Å²) in [5.41, 5.74) is -1.11. The van der Waals surface area contributed by atoms with Crippen LogP contribution in [0.25, 0.3) is 11.0 Å². The number of amidine groups is 1. The van der Waals surface area contributed by atoms with Crippen LogP contribution in [0.5, 0.6) is 5.75 Å². The number of methoxy groups -OCH3 is 2. The SMILES string of the molecule is COC(=O)C1=C(C)N=C(OC)N(Oc2ccc([N+](=O)[O-])cc2)C1(C=O)c1ccc2nonc2c1. The molecule has 1 aliphatic heterocycles. The number of rotatable bonds is 6. The lowest BCUT2D eigenvalue weighted by molar-refractivity contribution is -0.384. The number of aromatic nitrogens is 2. The molecular weight excluding hydrogens is 450 g/mol. The van der Waals surface area contributed by atoms with E-state index in [2.05, 4.69) is 15.3 Å². The average Bonchev–Trinajstić information content (AvgIpc) is 3.32. The van der Waals surface area contributed by atoms with Crippen molar-refractivity contribution in [1.29, 1.82) is 0 Å². The minimum absolute atomic E-state index is 0.106. The molecule has 0 radical (unpaired) electrons. The van der Waals surface area contributed by atoms with Gasteiger partial charge in [-0.3, -0.25) is 14.9 Å². The number of ether oxygens (including phenoxy) is 2. The van der Waals surface area contributed by atoms with Crippen molar-refractivity contribution in [1.82, 2.24) is 15.4 Å². The predicted molar refractivity (Wildman–Crippen MR) is 114 cm³/mol. The highest BCUT2D eigenvalue weighted by Crippen LogP contribution is 2.42. The number of hydrogen-bond donors (Lipinski definition) is 0. The highest BCUT2D eigenvalue weighted by molar-refractivity contribution is 6.02. The second-order valence-electron chi connectivity index (χ2n) is 7.04. The molecule has 0 bridgehead atoms. The molecule has 0 fully saturated rings. The molecule has 13 heteroatoms. The Kier molecular flexibility index (Phi) is 5.67. The third-order valence-electron chi connectivity index (χ3n) is 5.18. The fourth-order valence-electron chi connectivity index (χ4n) is 3.61. The monoisotopic (exact) mass is 467 g/mol. The smallest absolute Gasteiger partial charge is 0.338 e. The second-order valence-corrected chi connectivity index (χ2v) is 7.04. The van der Waals surface area contributed by atoms with Gasteiger partial charge in [0.1, 0.15) is 11.0 Å². The van der Waals surface area contributed by atoms with E-state index in [0.29, 0.717) is 17.3 Å². The van der Waals surface area contributed by atoms with E-state index in [9.17, 15) is 19.7 Å². The Balaban J connectivity index is 1.95. The van der Waals surface area contributed by atoms with Crippen LogP contribution in [0.3, 0.4) is 0 Å². The number of fused-ring (bicyclic) bond motifs is 1. The molecule has 1 aliphatic rings. The fraction of sp³-hybridized carbons (Fsp3) is 0.190. The first kappa shape index (κ1) is 22.4. The first-order valence-corrected chi connectivity index (χ1v) is 9.69. The number of carbonyl (C=O) groups is 2. The van der Waals surface area contributed by atoms with E-state index in [1.807, 2.05) is 0 Å². The highest BCUT2D eigenvalue weighted by atomic mass is 16.7. The van der Waals surface area contributed by atoms with Gasteiger partial charge in [-0.15, -0.1) is 5.06 Å². The van der Waals surface area contributed by atoms with Crippen molar-refractivity contribution >= 4 is 35.0 Å². The summed E-state index contributed by atoms with van der Waals surface area (Å²) in [4.78, 5) is 46.4. The largest absolute Gasteiger partial charge is 0.466 e. The summed E-state index contributed by atoms with van der Waals surface area (Å²) in [5.74, 6) is -0.728. The number of benzene rings is 2.